The Morgan fingerprint density at radius 3 is 2.43 bits per heavy atom. The normalized spacial score (nSPS) is 15.4. The Balaban J connectivity index is 2.78. The smallest absolute Gasteiger partial charge is 0.318 e. The average molecular weight is 298 g/mol. The summed E-state index contributed by atoms with van der Waals surface area (Å²) in [7, 11) is 0. The Labute approximate surface area is 125 Å². The number of aliphatic hydroxyl groups is 2. The van der Waals surface area contributed by atoms with Gasteiger partial charge in [0, 0.05) is 12.1 Å². The third-order valence-electron chi connectivity index (χ3n) is 3.40. The third kappa shape index (κ3) is 4.75. The van der Waals surface area contributed by atoms with Gasteiger partial charge in [0.25, 0.3) is 0 Å². The SMILES string of the molecule is Cc1cc([C@H](C)NC(=O)N(C[C@@H](C)O)[C@H](C)CO)c(C)o1. The van der Waals surface area contributed by atoms with E-state index in [1.54, 1.807) is 13.8 Å². The first kappa shape index (κ1) is 17.5. The molecule has 120 valence electrons. The van der Waals surface area contributed by atoms with Crippen LogP contribution in [-0.2, 0) is 0 Å². The number of carbonyl (C=O) groups is 1. The maximum atomic E-state index is 12.3. The van der Waals surface area contributed by atoms with Gasteiger partial charge < -0.3 is 24.8 Å². The summed E-state index contributed by atoms with van der Waals surface area (Å²) in [5.41, 5.74) is 0.925. The zero-order valence-corrected chi connectivity index (χ0v) is 13.4. The van der Waals surface area contributed by atoms with Crippen molar-refractivity contribution in [3.8, 4) is 0 Å². The molecule has 0 aliphatic carbocycles. The molecule has 1 rings (SSSR count). The van der Waals surface area contributed by atoms with Crippen molar-refractivity contribution in [3.63, 3.8) is 0 Å². The molecule has 6 heteroatoms. The molecule has 3 N–H and O–H groups in total. The Morgan fingerprint density at radius 1 is 1.38 bits per heavy atom. The average Bonchev–Trinajstić information content (AvgIpc) is 2.73. The fourth-order valence-corrected chi connectivity index (χ4v) is 2.27. The number of urea groups is 1. The van der Waals surface area contributed by atoms with Crippen LogP contribution in [0.2, 0.25) is 0 Å². The second-order valence-corrected chi connectivity index (χ2v) is 5.57. The van der Waals surface area contributed by atoms with Gasteiger partial charge in [-0.15, -0.1) is 0 Å². The monoisotopic (exact) mass is 298 g/mol. The van der Waals surface area contributed by atoms with Gasteiger partial charge in [-0.25, -0.2) is 4.79 Å². The lowest BCUT2D eigenvalue weighted by Crippen LogP contribution is -2.49. The summed E-state index contributed by atoms with van der Waals surface area (Å²) in [6, 6.07) is 1.01. The molecular weight excluding hydrogens is 272 g/mol. The quantitative estimate of drug-likeness (QED) is 0.746. The van der Waals surface area contributed by atoms with Gasteiger partial charge in [-0.05, 0) is 40.7 Å². The van der Waals surface area contributed by atoms with Crippen LogP contribution in [0.25, 0.3) is 0 Å². The van der Waals surface area contributed by atoms with Crippen molar-refractivity contribution in [2.24, 2.45) is 0 Å². The molecule has 0 saturated carbocycles. The maximum Gasteiger partial charge on any atom is 0.318 e. The number of amides is 2. The molecule has 0 fully saturated rings. The summed E-state index contributed by atoms with van der Waals surface area (Å²) in [4.78, 5) is 13.8. The van der Waals surface area contributed by atoms with Crippen LogP contribution in [0.1, 0.15) is 43.9 Å². The number of carbonyl (C=O) groups excluding carboxylic acids is 1. The highest BCUT2D eigenvalue weighted by Gasteiger charge is 2.23. The van der Waals surface area contributed by atoms with E-state index >= 15 is 0 Å². The van der Waals surface area contributed by atoms with Crippen molar-refractivity contribution in [1.29, 1.82) is 0 Å². The fraction of sp³-hybridized carbons (Fsp3) is 0.667. The molecule has 1 aromatic rings. The summed E-state index contributed by atoms with van der Waals surface area (Å²) < 4.78 is 5.47. The molecule has 0 unspecified atom stereocenters. The molecule has 1 aromatic heterocycles. The minimum Gasteiger partial charge on any atom is -0.466 e. The number of nitrogens with zero attached hydrogens (tertiary/aromatic N) is 1. The molecule has 6 nitrogen and oxygen atoms in total. The summed E-state index contributed by atoms with van der Waals surface area (Å²) in [5.74, 6) is 1.57. The van der Waals surface area contributed by atoms with E-state index in [4.69, 9.17) is 4.42 Å². The van der Waals surface area contributed by atoms with Crippen LogP contribution in [0, 0.1) is 13.8 Å². The van der Waals surface area contributed by atoms with E-state index < -0.39 is 6.10 Å². The predicted octanol–water partition coefficient (Wildman–Crippen LogP) is 1.73. The number of hydrogen-bond donors (Lipinski definition) is 3. The minimum absolute atomic E-state index is 0.154. The molecule has 0 radical (unpaired) electrons. The fourth-order valence-electron chi connectivity index (χ4n) is 2.27. The summed E-state index contributed by atoms with van der Waals surface area (Å²) in [6.45, 7) is 8.95. The highest BCUT2D eigenvalue weighted by molar-refractivity contribution is 5.75. The summed E-state index contributed by atoms with van der Waals surface area (Å²) in [5, 5.41) is 21.6. The molecule has 0 bridgehead atoms. The van der Waals surface area contributed by atoms with E-state index in [-0.39, 0.29) is 31.3 Å². The molecular formula is C15H26N2O4. The Kier molecular flexibility index (Phi) is 6.23. The lowest BCUT2D eigenvalue weighted by atomic mass is 10.1. The Bertz CT molecular complexity index is 470. The van der Waals surface area contributed by atoms with Gasteiger partial charge in [0.15, 0.2) is 0 Å². The van der Waals surface area contributed by atoms with Crippen molar-refractivity contribution in [3.05, 3.63) is 23.2 Å². The number of hydrogen-bond acceptors (Lipinski definition) is 4. The van der Waals surface area contributed by atoms with Crippen LogP contribution in [-0.4, -0.2) is 46.4 Å². The van der Waals surface area contributed by atoms with E-state index in [9.17, 15) is 15.0 Å². The molecule has 2 amide bonds. The lowest BCUT2D eigenvalue weighted by Gasteiger charge is -2.30. The van der Waals surface area contributed by atoms with Crippen LogP contribution < -0.4 is 5.32 Å². The van der Waals surface area contributed by atoms with Crippen LogP contribution in [0.4, 0.5) is 4.79 Å². The Morgan fingerprint density at radius 2 is 2.00 bits per heavy atom. The number of aliphatic hydroxyl groups excluding tert-OH is 2. The van der Waals surface area contributed by atoms with Crippen molar-refractivity contribution in [2.45, 2.75) is 52.8 Å². The second kappa shape index (κ2) is 7.47. The summed E-state index contributed by atoms with van der Waals surface area (Å²) >= 11 is 0. The van der Waals surface area contributed by atoms with Crippen molar-refractivity contribution >= 4 is 6.03 Å². The van der Waals surface area contributed by atoms with Gasteiger partial charge in [0.05, 0.1) is 24.8 Å². The molecule has 3 atom stereocenters. The van der Waals surface area contributed by atoms with Gasteiger partial charge in [0.1, 0.15) is 11.5 Å². The highest BCUT2D eigenvalue weighted by atomic mass is 16.3. The van der Waals surface area contributed by atoms with E-state index in [0.717, 1.165) is 17.1 Å². The van der Waals surface area contributed by atoms with Crippen molar-refractivity contribution in [1.82, 2.24) is 10.2 Å². The third-order valence-corrected chi connectivity index (χ3v) is 3.40. The topological polar surface area (TPSA) is 85.9 Å². The lowest BCUT2D eigenvalue weighted by molar-refractivity contribution is 0.0926. The molecule has 0 aliphatic rings. The number of rotatable bonds is 6. The van der Waals surface area contributed by atoms with E-state index in [1.165, 1.54) is 4.90 Å². The number of nitrogens with one attached hydrogen (secondary N) is 1. The molecule has 0 saturated heterocycles. The van der Waals surface area contributed by atoms with E-state index in [0.29, 0.717) is 0 Å². The first-order chi connectivity index (χ1) is 9.76. The summed E-state index contributed by atoms with van der Waals surface area (Å²) in [6.07, 6.45) is -0.655. The van der Waals surface area contributed by atoms with Gasteiger partial charge in [-0.1, -0.05) is 0 Å². The maximum absolute atomic E-state index is 12.3. The molecule has 1 heterocycles. The Hall–Kier alpha value is -1.53. The van der Waals surface area contributed by atoms with Gasteiger partial charge >= 0.3 is 6.03 Å². The van der Waals surface area contributed by atoms with Crippen molar-refractivity contribution < 1.29 is 19.4 Å². The molecule has 0 spiro atoms. The van der Waals surface area contributed by atoms with E-state index in [2.05, 4.69) is 5.32 Å². The zero-order valence-electron chi connectivity index (χ0n) is 13.4. The van der Waals surface area contributed by atoms with E-state index in [1.807, 2.05) is 26.8 Å². The first-order valence-electron chi connectivity index (χ1n) is 7.19. The van der Waals surface area contributed by atoms with Crippen LogP contribution in [0.5, 0.6) is 0 Å². The highest BCUT2D eigenvalue weighted by Crippen LogP contribution is 2.21. The van der Waals surface area contributed by atoms with Crippen LogP contribution in [0.3, 0.4) is 0 Å². The van der Waals surface area contributed by atoms with Gasteiger partial charge in [0.2, 0.25) is 0 Å². The molecule has 21 heavy (non-hydrogen) atoms. The van der Waals surface area contributed by atoms with Gasteiger partial charge in [-0.3, -0.25) is 0 Å². The second-order valence-electron chi connectivity index (χ2n) is 5.57. The number of aryl methyl sites for hydroxylation is 2. The molecule has 0 aromatic carbocycles. The first-order valence-corrected chi connectivity index (χ1v) is 7.19. The zero-order chi connectivity index (χ0) is 16.2. The van der Waals surface area contributed by atoms with Gasteiger partial charge in [-0.2, -0.15) is 0 Å². The van der Waals surface area contributed by atoms with Crippen LogP contribution in [0.15, 0.2) is 10.5 Å². The standard InChI is InChI=1S/C15H26N2O4/c1-9(8-18)17(7-10(2)19)15(20)16-12(4)14-6-11(3)21-13(14)5/h6,9-10,12,18-19H,7-8H2,1-5H3,(H,16,20)/t9-,10-,12+/m1/s1. The van der Waals surface area contributed by atoms with Crippen LogP contribution >= 0.6 is 0 Å². The largest absolute Gasteiger partial charge is 0.466 e. The predicted molar refractivity (Wildman–Crippen MR) is 80.1 cm³/mol. The molecule has 0 aliphatic heterocycles. The number of furan rings is 1. The van der Waals surface area contributed by atoms with Crippen molar-refractivity contribution in [2.75, 3.05) is 13.2 Å². The minimum atomic E-state index is -0.655.